The summed E-state index contributed by atoms with van der Waals surface area (Å²) in [5, 5.41) is 10.7. The molecule has 7 amide bonds. The van der Waals surface area contributed by atoms with E-state index >= 15 is 0 Å². The van der Waals surface area contributed by atoms with Gasteiger partial charge in [0.15, 0.2) is 0 Å². The first kappa shape index (κ1) is 44.5. The number of hydrogen-bond acceptors (Lipinski definition) is 8. The number of likely N-dealkylation sites (tertiary alicyclic amines) is 1. The van der Waals surface area contributed by atoms with Crippen LogP contribution >= 0.6 is 0 Å². The van der Waals surface area contributed by atoms with Gasteiger partial charge in [-0.25, -0.2) is 14.0 Å². The second-order valence-corrected chi connectivity index (χ2v) is 17.5. The quantitative estimate of drug-likeness (QED) is 0.135. The summed E-state index contributed by atoms with van der Waals surface area (Å²) in [5.74, 6) is -0.694. The molecule has 4 heterocycles. The lowest BCUT2D eigenvalue weighted by molar-refractivity contribution is -0.131. The van der Waals surface area contributed by atoms with E-state index in [0.717, 1.165) is 82.9 Å². The highest BCUT2D eigenvalue weighted by atomic mass is 19.1. The average Bonchev–Trinajstić information content (AvgIpc) is 3.32. The van der Waals surface area contributed by atoms with Gasteiger partial charge in [0.2, 0.25) is 17.7 Å². The van der Waals surface area contributed by atoms with Crippen LogP contribution in [-0.4, -0.2) is 128 Å². The number of fused-ring (bicyclic) bond motifs is 1. The van der Waals surface area contributed by atoms with E-state index in [-0.39, 0.29) is 48.7 Å². The molecule has 4 aromatic carbocycles. The van der Waals surface area contributed by atoms with Gasteiger partial charge >= 0.3 is 12.1 Å². The van der Waals surface area contributed by atoms with Crippen molar-refractivity contribution < 1.29 is 28.4 Å². The van der Waals surface area contributed by atoms with Crippen LogP contribution in [0.4, 0.5) is 31.0 Å². The summed E-state index contributed by atoms with van der Waals surface area (Å²) >= 11 is 0. The third-order valence-electron chi connectivity index (χ3n) is 13.4. The van der Waals surface area contributed by atoms with Crippen molar-refractivity contribution >= 4 is 57.6 Å². The fourth-order valence-electron chi connectivity index (χ4n) is 9.53. The molecule has 4 fully saturated rings. The fourth-order valence-corrected chi connectivity index (χ4v) is 9.53. The number of urea groups is 2. The normalized spacial score (nSPS) is 18.5. The summed E-state index contributed by atoms with van der Waals surface area (Å²) in [6, 6.07) is 26.6. The van der Waals surface area contributed by atoms with Gasteiger partial charge in [0.05, 0.1) is 0 Å². The predicted molar refractivity (Wildman–Crippen MR) is 247 cm³/mol. The molecule has 0 saturated carbocycles. The lowest BCUT2D eigenvalue weighted by atomic mass is 9.92. The van der Waals surface area contributed by atoms with Crippen molar-refractivity contribution in [3.63, 3.8) is 0 Å². The van der Waals surface area contributed by atoms with Crippen LogP contribution in [0.25, 0.3) is 10.8 Å². The number of carbonyl (C=O) groups is 5. The monoisotopic (exact) mass is 873 g/mol. The van der Waals surface area contributed by atoms with Gasteiger partial charge in [0, 0.05) is 107 Å². The smallest absolute Gasteiger partial charge is 0.328 e. The molecular weight excluding hydrogens is 814 g/mol. The Morgan fingerprint density at radius 2 is 1.47 bits per heavy atom. The van der Waals surface area contributed by atoms with Gasteiger partial charge in [0.25, 0.3) is 0 Å². The molecule has 0 spiro atoms. The predicted octanol–water partition coefficient (Wildman–Crippen LogP) is 6.18. The Morgan fingerprint density at radius 1 is 0.766 bits per heavy atom. The summed E-state index contributed by atoms with van der Waals surface area (Å²) in [7, 11) is 0. The molecule has 3 N–H and O–H groups in total. The molecule has 0 aromatic heterocycles. The Bertz CT molecular complexity index is 2300. The molecule has 1 atom stereocenters. The molecule has 4 aliphatic rings. The number of nitrogens with zero attached hydrogens (tertiary/aromatic N) is 6. The van der Waals surface area contributed by atoms with Gasteiger partial charge in [-0.15, -0.1) is 0 Å². The molecular formula is C49H60FN9O5. The number of piperidine rings is 1. The zero-order valence-corrected chi connectivity index (χ0v) is 36.8. The molecule has 14 nitrogen and oxygen atoms in total. The van der Waals surface area contributed by atoms with Crippen LogP contribution < -0.4 is 25.8 Å². The zero-order valence-electron chi connectivity index (χ0n) is 36.8. The first-order valence-electron chi connectivity index (χ1n) is 22.9. The first-order valence-corrected chi connectivity index (χ1v) is 22.9. The lowest BCUT2D eigenvalue weighted by Crippen LogP contribution is -2.50. The third-order valence-corrected chi connectivity index (χ3v) is 13.4. The standard InChI is InChI=1S/C49H60FN9O5/c1-35(43-10-6-8-37-7-2-3-9-44(37)43)55-20-16-38(17-21-55)47(62)51-34-36-31-39(50)33-40(32-36)52-48(63)58-25-23-54(24-26-58)19-5-4-11-46(61)57-29-27-56(28-30-57)41-12-14-42(15-13-41)59-22-18-45(60)53-49(59)64/h2-3,6-10,12-15,31-33,35,38H,4-5,11,16-30,34H2,1H3,(H,51,62)(H,52,63)(H,53,60,64)/t35-/m1/s1. The van der Waals surface area contributed by atoms with Gasteiger partial charge in [-0.3, -0.25) is 34.4 Å². The maximum atomic E-state index is 14.7. The summed E-state index contributed by atoms with van der Waals surface area (Å²) in [6.45, 7) is 10.6. The minimum absolute atomic E-state index is 0.0278. The number of piperazine rings is 2. The zero-order chi connectivity index (χ0) is 44.6. The van der Waals surface area contributed by atoms with Crippen LogP contribution in [0.3, 0.4) is 0 Å². The number of benzene rings is 4. The number of halogens is 1. The van der Waals surface area contributed by atoms with E-state index in [1.165, 1.54) is 28.5 Å². The molecule has 4 saturated heterocycles. The van der Waals surface area contributed by atoms with Gasteiger partial charge in [-0.1, -0.05) is 42.5 Å². The Morgan fingerprint density at radius 3 is 2.22 bits per heavy atom. The Hall–Kier alpha value is -6.06. The van der Waals surface area contributed by atoms with E-state index in [0.29, 0.717) is 50.4 Å². The molecule has 4 aromatic rings. The van der Waals surface area contributed by atoms with Crippen LogP contribution in [0.1, 0.15) is 62.6 Å². The second-order valence-electron chi connectivity index (χ2n) is 17.5. The van der Waals surface area contributed by atoms with Crippen molar-refractivity contribution in [1.82, 2.24) is 30.2 Å². The van der Waals surface area contributed by atoms with Crippen molar-refractivity contribution in [2.24, 2.45) is 5.92 Å². The van der Waals surface area contributed by atoms with Crippen LogP contribution in [0, 0.1) is 11.7 Å². The van der Waals surface area contributed by atoms with Crippen molar-refractivity contribution in [2.45, 2.75) is 58.0 Å². The molecule has 4 aliphatic heterocycles. The molecule has 8 rings (SSSR count). The summed E-state index contributed by atoms with van der Waals surface area (Å²) < 4.78 is 14.7. The minimum atomic E-state index is -0.474. The van der Waals surface area contributed by atoms with Crippen LogP contribution in [-0.2, 0) is 20.9 Å². The molecule has 15 heteroatoms. The maximum Gasteiger partial charge on any atom is 0.328 e. The lowest BCUT2D eigenvalue weighted by Gasteiger charge is -2.36. The third kappa shape index (κ3) is 11.0. The second kappa shape index (κ2) is 20.6. The maximum absolute atomic E-state index is 14.7. The number of unbranched alkanes of at least 4 members (excludes halogenated alkanes) is 1. The molecule has 0 bridgehead atoms. The molecule has 0 radical (unpaired) electrons. The number of anilines is 3. The topological polar surface area (TPSA) is 141 Å². The van der Waals surface area contributed by atoms with Crippen molar-refractivity contribution in [2.75, 3.05) is 93.7 Å². The van der Waals surface area contributed by atoms with Gasteiger partial charge in [-0.05, 0) is 117 Å². The van der Waals surface area contributed by atoms with E-state index in [2.05, 4.69) is 80.0 Å². The SMILES string of the molecule is C[C@H](c1cccc2ccccc12)N1CCC(C(=O)NCc2cc(F)cc(NC(=O)N3CCN(CCCCC(=O)N4CCN(c5ccc(N6CCC(=O)NC6=O)cc5)CC4)CC3)c2)CC1. The van der Waals surface area contributed by atoms with E-state index in [9.17, 15) is 28.4 Å². The number of rotatable bonds is 13. The van der Waals surface area contributed by atoms with E-state index in [1.54, 1.807) is 15.9 Å². The molecule has 0 unspecified atom stereocenters. The van der Waals surface area contributed by atoms with E-state index in [4.69, 9.17) is 0 Å². The van der Waals surface area contributed by atoms with Crippen molar-refractivity contribution in [3.05, 3.63) is 102 Å². The van der Waals surface area contributed by atoms with E-state index < -0.39 is 11.8 Å². The Labute approximate surface area is 374 Å². The number of imide groups is 1. The van der Waals surface area contributed by atoms with Gasteiger partial charge < -0.3 is 25.3 Å². The number of carbonyl (C=O) groups excluding carboxylic acids is 5. The number of amides is 7. The van der Waals surface area contributed by atoms with Crippen molar-refractivity contribution in [3.8, 4) is 0 Å². The highest BCUT2D eigenvalue weighted by molar-refractivity contribution is 6.05. The van der Waals surface area contributed by atoms with Crippen LogP contribution in [0.5, 0.6) is 0 Å². The minimum Gasteiger partial charge on any atom is -0.368 e. The molecule has 64 heavy (non-hydrogen) atoms. The summed E-state index contributed by atoms with van der Waals surface area (Å²) in [4.78, 5) is 75.4. The Balaban J connectivity index is 0.698. The van der Waals surface area contributed by atoms with E-state index in [1.807, 2.05) is 29.2 Å². The highest BCUT2D eigenvalue weighted by Gasteiger charge is 2.29. The number of hydrogen-bond donors (Lipinski definition) is 3. The highest BCUT2D eigenvalue weighted by Crippen LogP contribution is 2.31. The van der Waals surface area contributed by atoms with Crippen LogP contribution in [0.2, 0.25) is 0 Å². The van der Waals surface area contributed by atoms with Crippen LogP contribution in [0.15, 0.2) is 84.9 Å². The molecule has 338 valence electrons. The molecule has 0 aliphatic carbocycles. The average molecular weight is 874 g/mol. The summed E-state index contributed by atoms with van der Waals surface area (Å²) in [5.41, 5.74) is 4.03. The summed E-state index contributed by atoms with van der Waals surface area (Å²) in [6.07, 6.45) is 3.98. The van der Waals surface area contributed by atoms with Gasteiger partial charge in [-0.2, -0.15) is 0 Å². The number of nitrogens with one attached hydrogen (secondary N) is 3. The first-order chi connectivity index (χ1) is 31.1. The van der Waals surface area contributed by atoms with Crippen molar-refractivity contribution in [1.29, 1.82) is 0 Å². The largest absolute Gasteiger partial charge is 0.368 e. The van der Waals surface area contributed by atoms with Gasteiger partial charge in [0.1, 0.15) is 5.82 Å². The Kier molecular flexibility index (Phi) is 14.4. The fraction of sp³-hybridized carbons (Fsp3) is 0.449.